The Morgan fingerprint density at radius 3 is 2.34 bits per heavy atom. The first-order valence-electron chi connectivity index (χ1n) is 9.72. The summed E-state index contributed by atoms with van der Waals surface area (Å²) in [6, 6.07) is 15.0. The van der Waals surface area contributed by atoms with Crippen LogP contribution in [-0.4, -0.2) is 34.8 Å². The molecule has 0 saturated carbocycles. The summed E-state index contributed by atoms with van der Waals surface area (Å²) in [5.74, 6) is 0.665. The number of carbonyl (C=O) groups excluding carboxylic acids is 1. The SMILES string of the molecule is COC(=O)c1cc(OCc2ccccc2)cc(O[C@@H](C)CO[Si](C)C(C)(C)C)c1. The van der Waals surface area contributed by atoms with Crippen LogP contribution in [0.25, 0.3) is 0 Å². The predicted molar refractivity (Wildman–Crippen MR) is 116 cm³/mol. The average Bonchev–Trinajstić information content (AvgIpc) is 2.69. The molecule has 0 unspecified atom stereocenters. The van der Waals surface area contributed by atoms with Crippen LogP contribution in [0, 0.1) is 0 Å². The zero-order valence-corrected chi connectivity index (χ0v) is 19.2. The van der Waals surface area contributed by atoms with Crippen molar-refractivity contribution >= 4 is 15.0 Å². The maximum absolute atomic E-state index is 12.0. The lowest BCUT2D eigenvalue weighted by Crippen LogP contribution is -2.30. The summed E-state index contributed by atoms with van der Waals surface area (Å²) in [6.07, 6.45) is -0.160. The zero-order chi connectivity index (χ0) is 21.4. The van der Waals surface area contributed by atoms with Crippen molar-refractivity contribution in [2.75, 3.05) is 13.7 Å². The molecule has 0 aliphatic carbocycles. The highest BCUT2D eigenvalue weighted by Crippen LogP contribution is 2.28. The molecule has 0 bridgehead atoms. The van der Waals surface area contributed by atoms with Gasteiger partial charge in [0.2, 0.25) is 9.04 Å². The van der Waals surface area contributed by atoms with E-state index in [1.807, 2.05) is 37.3 Å². The number of esters is 1. The van der Waals surface area contributed by atoms with E-state index in [1.165, 1.54) is 7.11 Å². The van der Waals surface area contributed by atoms with Crippen LogP contribution in [0.5, 0.6) is 11.5 Å². The van der Waals surface area contributed by atoms with E-state index in [0.29, 0.717) is 30.3 Å². The first-order chi connectivity index (χ1) is 13.7. The van der Waals surface area contributed by atoms with Gasteiger partial charge in [0.1, 0.15) is 24.2 Å². The first-order valence-corrected chi connectivity index (χ1v) is 11.6. The Morgan fingerprint density at radius 2 is 1.72 bits per heavy atom. The fraction of sp³-hybridized carbons (Fsp3) is 0.435. The van der Waals surface area contributed by atoms with Crippen molar-refractivity contribution < 1.29 is 23.4 Å². The Bertz CT molecular complexity index is 786. The molecule has 0 spiro atoms. The number of rotatable bonds is 9. The monoisotopic (exact) mass is 415 g/mol. The van der Waals surface area contributed by atoms with E-state index in [2.05, 4.69) is 27.3 Å². The lowest BCUT2D eigenvalue weighted by Gasteiger charge is -2.26. The minimum absolute atomic E-state index is 0.160. The van der Waals surface area contributed by atoms with Crippen LogP contribution in [0.4, 0.5) is 0 Å². The number of methoxy groups -OCH3 is 1. The molecule has 0 aliphatic rings. The Hall–Kier alpha value is -2.31. The van der Waals surface area contributed by atoms with Crippen LogP contribution >= 0.6 is 0 Å². The number of hydrogen-bond donors (Lipinski definition) is 0. The van der Waals surface area contributed by atoms with Crippen LogP contribution in [0.3, 0.4) is 0 Å². The third kappa shape index (κ3) is 7.55. The van der Waals surface area contributed by atoms with E-state index in [1.54, 1.807) is 18.2 Å². The minimum atomic E-state index is -0.942. The summed E-state index contributed by atoms with van der Waals surface area (Å²) in [5, 5.41) is 0.160. The maximum Gasteiger partial charge on any atom is 0.338 e. The number of hydrogen-bond acceptors (Lipinski definition) is 5. The lowest BCUT2D eigenvalue weighted by atomic mass is 10.2. The predicted octanol–water partition coefficient (Wildman–Crippen LogP) is 5.26. The molecule has 1 atom stereocenters. The average molecular weight is 416 g/mol. The van der Waals surface area contributed by atoms with Crippen LogP contribution in [-0.2, 0) is 15.8 Å². The summed E-state index contributed by atoms with van der Waals surface area (Å²) < 4.78 is 22.8. The van der Waals surface area contributed by atoms with Crippen molar-refractivity contribution in [1.29, 1.82) is 0 Å². The van der Waals surface area contributed by atoms with Crippen molar-refractivity contribution in [2.24, 2.45) is 0 Å². The van der Waals surface area contributed by atoms with Crippen LogP contribution in [0.15, 0.2) is 48.5 Å². The molecule has 2 aromatic carbocycles. The van der Waals surface area contributed by atoms with Gasteiger partial charge in [-0.2, -0.15) is 0 Å². The fourth-order valence-corrected chi connectivity index (χ4v) is 3.34. The normalized spacial score (nSPS) is 12.5. The molecule has 6 heteroatoms. The molecular formula is C23H31O5Si. The fourth-order valence-electron chi connectivity index (χ4n) is 2.42. The second kappa shape index (κ2) is 10.5. The minimum Gasteiger partial charge on any atom is -0.489 e. The highest BCUT2D eigenvalue weighted by Gasteiger charge is 2.25. The van der Waals surface area contributed by atoms with E-state index in [9.17, 15) is 4.79 Å². The molecule has 157 valence electrons. The standard InChI is InChI=1S/C23H31O5Si/c1-17(15-27-29(6)23(2,3)4)28-21-13-19(22(24)25-5)12-20(14-21)26-16-18-10-8-7-9-11-18/h7-14,17H,15-16H2,1-6H3/t17-/m0/s1. The smallest absolute Gasteiger partial charge is 0.338 e. The number of benzene rings is 2. The lowest BCUT2D eigenvalue weighted by molar-refractivity contribution is 0.0599. The Morgan fingerprint density at radius 1 is 1.07 bits per heavy atom. The molecule has 2 aromatic rings. The van der Waals surface area contributed by atoms with E-state index in [-0.39, 0.29) is 11.1 Å². The van der Waals surface area contributed by atoms with Crippen LogP contribution in [0.1, 0.15) is 43.6 Å². The molecule has 29 heavy (non-hydrogen) atoms. The van der Waals surface area contributed by atoms with Gasteiger partial charge in [-0.15, -0.1) is 0 Å². The second-order valence-electron chi connectivity index (χ2n) is 8.00. The van der Waals surface area contributed by atoms with Gasteiger partial charge in [0, 0.05) is 6.07 Å². The van der Waals surface area contributed by atoms with Crippen LogP contribution < -0.4 is 9.47 Å². The van der Waals surface area contributed by atoms with Crippen molar-refractivity contribution in [3.05, 3.63) is 59.7 Å². The third-order valence-electron chi connectivity index (χ3n) is 4.48. The first kappa shape index (κ1) is 23.0. The molecule has 0 fully saturated rings. The van der Waals surface area contributed by atoms with E-state index in [4.69, 9.17) is 18.6 Å². The van der Waals surface area contributed by atoms with Gasteiger partial charge < -0.3 is 18.6 Å². The largest absolute Gasteiger partial charge is 0.489 e. The molecule has 2 rings (SSSR count). The summed E-state index contributed by atoms with van der Waals surface area (Å²) in [4.78, 5) is 12.0. The van der Waals surface area contributed by atoms with E-state index < -0.39 is 15.0 Å². The maximum atomic E-state index is 12.0. The van der Waals surface area contributed by atoms with Gasteiger partial charge in [-0.1, -0.05) is 51.1 Å². The summed E-state index contributed by atoms with van der Waals surface area (Å²) >= 11 is 0. The molecule has 0 saturated heterocycles. The zero-order valence-electron chi connectivity index (χ0n) is 18.2. The number of carbonyl (C=O) groups is 1. The van der Waals surface area contributed by atoms with E-state index in [0.717, 1.165) is 5.56 Å². The van der Waals surface area contributed by atoms with Gasteiger partial charge in [0.25, 0.3) is 0 Å². The molecular weight excluding hydrogens is 384 g/mol. The van der Waals surface area contributed by atoms with Gasteiger partial charge in [-0.05, 0) is 36.2 Å². The Labute approximate surface area is 175 Å². The number of ether oxygens (including phenoxy) is 3. The topological polar surface area (TPSA) is 54.0 Å². The van der Waals surface area contributed by atoms with E-state index >= 15 is 0 Å². The van der Waals surface area contributed by atoms with Gasteiger partial charge in [-0.25, -0.2) is 4.79 Å². The highest BCUT2D eigenvalue weighted by atomic mass is 28.3. The third-order valence-corrected chi connectivity index (χ3v) is 7.19. The molecule has 0 N–H and O–H groups in total. The highest BCUT2D eigenvalue weighted by molar-refractivity contribution is 6.53. The van der Waals surface area contributed by atoms with Crippen molar-refractivity contribution in [2.45, 2.75) is 52.0 Å². The molecule has 1 radical (unpaired) electrons. The van der Waals surface area contributed by atoms with Crippen molar-refractivity contribution in [3.63, 3.8) is 0 Å². The molecule has 0 aromatic heterocycles. The van der Waals surface area contributed by atoms with Gasteiger partial charge in [0.05, 0.1) is 19.3 Å². The van der Waals surface area contributed by atoms with Crippen molar-refractivity contribution in [1.82, 2.24) is 0 Å². The Balaban J connectivity index is 2.08. The van der Waals surface area contributed by atoms with Gasteiger partial charge in [-0.3, -0.25) is 0 Å². The van der Waals surface area contributed by atoms with Crippen molar-refractivity contribution in [3.8, 4) is 11.5 Å². The molecule has 5 nitrogen and oxygen atoms in total. The van der Waals surface area contributed by atoms with Gasteiger partial charge >= 0.3 is 5.97 Å². The summed E-state index contributed by atoms with van der Waals surface area (Å²) in [7, 11) is 0.413. The summed E-state index contributed by atoms with van der Waals surface area (Å²) in [6.45, 7) is 11.6. The molecule has 0 aliphatic heterocycles. The Kier molecular flexibility index (Phi) is 8.28. The second-order valence-corrected chi connectivity index (χ2v) is 10.9. The molecule has 0 amide bonds. The quantitative estimate of drug-likeness (QED) is 0.413. The molecule has 0 heterocycles. The van der Waals surface area contributed by atoms with Crippen LogP contribution in [0.2, 0.25) is 11.6 Å². The summed E-state index contributed by atoms with van der Waals surface area (Å²) in [5.41, 5.74) is 1.43. The van der Waals surface area contributed by atoms with Gasteiger partial charge in [0.15, 0.2) is 0 Å².